The van der Waals surface area contributed by atoms with Gasteiger partial charge in [0.25, 0.3) is 0 Å². The lowest BCUT2D eigenvalue weighted by Crippen LogP contribution is -2.25. The van der Waals surface area contributed by atoms with Crippen LogP contribution in [-0.4, -0.2) is 5.33 Å². The standard InChI is InChI=1S/C15H21BrCl2/c1-3-5-8-15(4-2,11-16)10-12-9-13(17)6-7-14(12)18/h6-7,9H,3-5,8,10-11H2,1-2H3. The number of alkyl halides is 1. The molecule has 0 N–H and O–H groups in total. The molecule has 0 heterocycles. The van der Waals surface area contributed by atoms with Crippen molar-refractivity contribution in [2.45, 2.75) is 46.0 Å². The Morgan fingerprint density at radius 1 is 1.22 bits per heavy atom. The monoisotopic (exact) mass is 350 g/mol. The van der Waals surface area contributed by atoms with Gasteiger partial charge in [0.15, 0.2) is 0 Å². The van der Waals surface area contributed by atoms with Crippen molar-refractivity contribution in [3.63, 3.8) is 0 Å². The first-order valence-corrected chi connectivity index (χ1v) is 8.44. The van der Waals surface area contributed by atoms with E-state index in [-0.39, 0.29) is 0 Å². The molecule has 0 spiro atoms. The summed E-state index contributed by atoms with van der Waals surface area (Å²) in [4.78, 5) is 0. The molecule has 3 heteroatoms. The van der Waals surface area contributed by atoms with E-state index in [1.165, 1.54) is 24.8 Å². The minimum atomic E-state index is 0.296. The first-order chi connectivity index (χ1) is 8.56. The van der Waals surface area contributed by atoms with Crippen LogP contribution in [0.5, 0.6) is 0 Å². The van der Waals surface area contributed by atoms with Crippen LogP contribution in [0.15, 0.2) is 18.2 Å². The lowest BCUT2D eigenvalue weighted by molar-refractivity contribution is 0.284. The van der Waals surface area contributed by atoms with Gasteiger partial charge < -0.3 is 0 Å². The number of benzene rings is 1. The molecule has 18 heavy (non-hydrogen) atoms. The van der Waals surface area contributed by atoms with Crippen molar-refractivity contribution in [2.24, 2.45) is 5.41 Å². The van der Waals surface area contributed by atoms with Crippen molar-refractivity contribution >= 4 is 39.1 Å². The van der Waals surface area contributed by atoms with Crippen LogP contribution < -0.4 is 0 Å². The zero-order valence-corrected chi connectivity index (χ0v) is 14.2. The maximum atomic E-state index is 6.28. The highest BCUT2D eigenvalue weighted by atomic mass is 79.9. The molecular formula is C15H21BrCl2. The molecule has 0 aliphatic heterocycles. The van der Waals surface area contributed by atoms with Gasteiger partial charge in [-0.25, -0.2) is 0 Å². The van der Waals surface area contributed by atoms with Crippen LogP contribution in [0.4, 0.5) is 0 Å². The normalized spacial score (nSPS) is 14.5. The summed E-state index contributed by atoms with van der Waals surface area (Å²) in [7, 11) is 0. The smallest absolute Gasteiger partial charge is 0.0439 e. The van der Waals surface area contributed by atoms with E-state index in [0.29, 0.717) is 5.41 Å². The summed E-state index contributed by atoms with van der Waals surface area (Å²) in [6.45, 7) is 4.50. The SMILES string of the molecule is CCCCC(CC)(CBr)Cc1cc(Cl)ccc1Cl. The van der Waals surface area contributed by atoms with Crippen LogP contribution in [0.2, 0.25) is 10.0 Å². The van der Waals surface area contributed by atoms with E-state index in [1.807, 2.05) is 18.2 Å². The Morgan fingerprint density at radius 2 is 1.94 bits per heavy atom. The molecule has 0 fully saturated rings. The van der Waals surface area contributed by atoms with Crippen LogP contribution in [-0.2, 0) is 6.42 Å². The highest BCUT2D eigenvalue weighted by Gasteiger charge is 2.27. The Labute approximate surface area is 129 Å². The number of halogens is 3. The van der Waals surface area contributed by atoms with E-state index in [1.54, 1.807) is 0 Å². The summed E-state index contributed by atoms with van der Waals surface area (Å²) in [6, 6.07) is 5.75. The quantitative estimate of drug-likeness (QED) is 0.490. The summed E-state index contributed by atoms with van der Waals surface area (Å²) < 4.78 is 0. The molecule has 0 amide bonds. The Bertz CT molecular complexity index is 373. The molecule has 1 aromatic rings. The molecule has 1 unspecified atom stereocenters. The van der Waals surface area contributed by atoms with Crippen LogP contribution >= 0.6 is 39.1 Å². The van der Waals surface area contributed by atoms with Crippen LogP contribution in [0.25, 0.3) is 0 Å². The van der Waals surface area contributed by atoms with Gasteiger partial charge in [0.1, 0.15) is 0 Å². The van der Waals surface area contributed by atoms with Crippen molar-refractivity contribution in [1.82, 2.24) is 0 Å². The van der Waals surface area contributed by atoms with Gasteiger partial charge in [0.2, 0.25) is 0 Å². The maximum absolute atomic E-state index is 6.28. The fraction of sp³-hybridized carbons (Fsp3) is 0.600. The minimum absolute atomic E-state index is 0.296. The van der Waals surface area contributed by atoms with Crippen molar-refractivity contribution < 1.29 is 0 Å². The average molecular weight is 352 g/mol. The second-order valence-electron chi connectivity index (χ2n) is 5.00. The second-order valence-corrected chi connectivity index (χ2v) is 6.41. The highest BCUT2D eigenvalue weighted by molar-refractivity contribution is 9.09. The fourth-order valence-corrected chi connectivity index (χ4v) is 3.49. The Hall–Kier alpha value is 0.280. The zero-order chi connectivity index (χ0) is 13.6. The summed E-state index contributed by atoms with van der Waals surface area (Å²) in [6.07, 6.45) is 5.87. The molecule has 0 aliphatic carbocycles. The minimum Gasteiger partial charge on any atom is -0.0922 e. The van der Waals surface area contributed by atoms with Crippen molar-refractivity contribution in [3.8, 4) is 0 Å². The predicted octanol–water partition coefficient (Wildman–Crippen LogP) is 6.52. The molecular weight excluding hydrogens is 331 g/mol. The molecule has 1 atom stereocenters. The number of hydrogen-bond donors (Lipinski definition) is 0. The molecule has 1 rings (SSSR count). The topological polar surface area (TPSA) is 0 Å². The molecule has 0 radical (unpaired) electrons. The van der Waals surface area contributed by atoms with Gasteiger partial charge in [-0.15, -0.1) is 0 Å². The van der Waals surface area contributed by atoms with E-state index >= 15 is 0 Å². The molecule has 0 aromatic heterocycles. The average Bonchev–Trinajstić information content (AvgIpc) is 2.39. The molecule has 0 aliphatic rings. The van der Waals surface area contributed by atoms with Crippen LogP contribution in [0, 0.1) is 5.41 Å². The Morgan fingerprint density at radius 3 is 2.50 bits per heavy atom. The fourth-order valence-electron chi connectivity index (χ4n) is 2.23. The van der Waals surface area contributed by atoms with Gasteiger partial charge in [-0.1, -0.05) is 65.8 Å². The number of unbranched alkanes of at least 4 members (excludes halogenated alkanes) is 1. The van der Waals surface area contributed by atoms with E-state index in [0.717, 1.165) is 28.2 Å². The summed E-state index contributed by atoms with van der Waals surface area (Å²) in [5.74, 6) is 0. The molecule has 102 valence electrons. The molecule has 0 nitrogen and oxygen atoms in total. The largest absolute Gasteiger partial charge is 0.0922 e. The van der Waals surface area contributed by atoms with Gasteiger partial charge in [-0.05, 0) is 48.4 Å². The predicted molar refractivity (Wildman–Crippen MR) is 86.2 cm³/mol. The van der Waals surface area contributed by atoms with E-state index in [2.05, 4.69) is 29.8 Å². The third-order valence-electron chi connectivity index (χ3n) is 3.67. The number of hydrogen-bond acceptors (Lipinski definition) is 0. The molecule has 0 bridgehead atoms. The second kappa shape index (κ2) is 7.77. The molecule has 1 aromatic carbocycles. The van der Waals surface area contributed by atoms with Gasteiger partial charge in [-0.3, -0.25) is 0 Å². The highest BCUT2D eigenvalue weighted by Crippen LogP contribution is 2.37. The summed E-state index contributed by atoms with van der Waals surface area (Å²) in [5.41, 5.74) is 1.46. The van der Waals surface area contributed by atoms with Gasteiger partial charge in [0, 0.05) is 15.4 Å². The lowest BCUT2D eigenvalue weighted by Gasteiger charge is -2.31. The third kappa shape index (κ3) is 4.43. The lowest BCUT2D eigenvalue weighted by atomic mass is 9.77. The van der Waals surface area contributed by atoms with E-state index in [4.69, 9.17) is 23.2 Å². The maximum Gasteiger partial charge on any atom is 0.0439 e. The first kappa shape index (κ1) is 16.3. The van der Waals surface area contributed by atoms with Crippen LogP contribution in [0.3, 0.4) is 0 Å². The summed E-state index contributed by atoms with van der Waals surface area (Å²) >= 11 is 16.0. The van der Waals surface area contributed by atoms with Crippen LogP contribution in [0.1, 0.15) is 45.1 Å². The Balaban J connectivity index is 2.91. The van der Waals surface area contributed by atoms with Gasteiger partial charge >= 0.3 is 0 Å². The molecule has 0 saturated heterocycles. The third-order valence-corrected chi connectivity index (χ3v) is 5.46. The van der Waals surface area contributed by atoms with Crippen molar-refractivity contribution in [2.75, 3.05) is 5.33 Å². The van der Waals surface area contributed by atoms with Crippen molar-refractivity contribution in [1.29, 1.82) is 0 Å². The molecule has 0 saturated carbocycles. The first-order valence-electron chi connectivity index (χ1n) is 6.57. The van der Waals surface area contributed by atoms with Gasteiger partial charge in [0.05, 0.1) is 0 Å². The zero-order valence-electron chi connectivity index (χ0n) is 11.1. The van der Waals surface area contributed by atoms with Crippen molar-refractivity contribution in [3.05, 3.63) is 33.8 Å². The van der Waals surface area contributed by atoms with Gasteiger partial charge in [-0.2, -0.15) is 0 Å². The van der Waals surface area contributed by atoms with E-state index in [9.17, 15) is 0 Å². The summed E-state index contributed by atoms with van der Waals surface area (Å²) in [5, 5.41) is 2.61. The van der Waals surface area contributed by atoms with E-state index < -0.39 is 0 Å². The Kier molecular flexibility index (Phi) is 7.05. The number of rotatable bonds is 7.